The highest BCUT2D eigenvalue weighted by atomic mass is 15.3. The van der Waals surface area contributed by atoms with Gasteiger partial charge in [0.2, 0.25) is 0 Å². The summed E-state index contributed by atoms with van der Waals surface area (Å²) in [4.78, 5) is 10.9. The van der Waals surface area contributed by atoms with Gasteiger partial charge < -0.3 is 10.2 Å². The van der Waals surface area contributed by atoms with Gasteiger partial charge >= 0.3 is 0 Å². The Morgan fingerprint density at radius 3 is 2.79 bits per heavy atom. The molecule has 2 aromatic heterocycles. The average molecular weight is 320 g/mol. The lowest BCUT2D eigenvalue weighted by molar-refractivity contribution is 0.878. The minimum absolute atomic E-state index is 0.578. The first-order valence-electron chi connectivity index (χ1n) is 7.94. The fraction of sp³-hybridized carbons (Fsp3) is 0.222. The van der Waals surface area contributed by atoms with Crippen molar-refractivity contribution in [1.82, 2.24) is 20.2 Å². The quantitative estimate of drug-likeness (QED) is 0.751. The number of aryl methyl sites for hydroxylation is 1. The lowest BCUT2D eigenvalue weighted by Crippen LogP contribution is -2.20. The normalized spacial score (nSPS) is 10.4. The van der Waals surface area contributed by atoms with E-state index in [-0.39, 0.29) is 0 Å². The molecule has 1 aromatic carbocycles. The van der Waals surface area contributed by atoms with Gasteiger partial charge in [-0.05, 0) is 43.7 Å². The summed E-state index contributed by atoms with van der Waals surface area (Å²) in [6, 6.07) is 14.1. The van der Waals surface area contributed by atoms with Gasteiger partial charge in [-0.2, -0.15) is 10.1 Å². The van der Waals surface area contributed by atoms with E-state index in [9.17, 15) is 0 Å². The van der Waals surface area contributed by atoms with Crippen molar-refractivity contribution in [3.63, 3.8) is 0 Å². The fourth-order valence-electron chi connectivity index (χ4n) is 2.41. The zero-order valence-electron chi connectivity index (χ0n) is 13.8. The summed E-state index contributed by atoms with van der Waals surface area (Å²) in [5, 5.41) is 11.5. The van der Waals surface area contributed by atoms with Crippen LogP contribution < -0.4 is 10.2 Å². The Morgan fingerprint density at radius 2 is 2.04 bits per heavy atom. The molecule has 3 rings (SSSR count). The van der Waals surface area contributed by atoms with E-state index in [4.69, 9.17) is 0 Å². The molecule has 0 fully saturated rings. The van der Waals surface area contributed by atoms with E-state index in [0.717, 1.165) is 17.9 Å². The highest BCUT2D eigenvalue weighted by Gasteiger charge is 2.12. The van der Waals surface area contributed by atoms with E-state index in [1.807, 2.05) is 35.2 Å². The van der Waals surface area contributed by atoms with E-state index >= 15 is 0 Å². The molecule has 0 saturated carbocycles. The number of nitrogens with one attached hydrogen (secondary N) is 1. The Labute approximate surface area is 141 Å². The van der Waals surface area contributed by atoms with Gasteiger partial charge in [-0.15, -0.1) is 5.10 Å². The first kappa shape index (κ1) is 15.9. The minimum Gasteiger partial charge on any atom is -0.363 e. The van der Waals surface area contributed by atoms with Crippen LogP contribution in [-0.4, -0.2) is 26.7 Å². The second-order valence-electron chi connectivity index (χ2n) is 5.40. The summed E-state index contributed by atoms with van der Waals surface area (Å²) in [5.74, 6) is 1.26. The zero-order valence-corrected chi connectivity index (χ0v) is 13.8. The maximum atomic E-state index is 4.58. The standard InChI is InChI=1S/C18H20N6/c1-3-24(16-9-6-7-14(2)11-16)18-22-17(13-21-23-18)20-12-15-8-4-5-10-19-15/h4-11,13H,3,12H2,1-2H3,(H,20,22,23). The number of anilines is 3. The predicted molar refractivity (Wildman–Crippen MR) is 95.2 cm³/mol. The topological polar surface area (TPSA) is 66.8 Å². The number of pyridine rings is 1. The number of hydrogen-bond acceptors (Lipinski definition) is 6. The van der Waals surface area contributed by atoms with Crippen LogP contribution in [0, 0.1) is 6.92 Å². The van der Waals surface area contributed by atoms with Crippen molar-refractivity contribution in [2.24, 2.45) is 0 Å². The Morgan fingerprint density at radius 1 is 1.12 bits per heavy atom. The number of aromatic nitrogens is 4. The third-order valence-electron chi connectivity index (χ3n) is 3.60. The van der Waals surface area contributed by atoms with Crippen LogP contribution in [0.3, 0.4) is 0 Å². The molecule has 24 heavy (non-hydrogen) atoms. The lowest BCUT2D eigenvalue weighted by atomic mass is 10.2. The molecular weight excluding hydrogens is 300 g/mol. The van der Waals surface area contributed by atoms with Gasteiger partial charge in [-0.25, -0.2) is 0 Å². The fourth-order valence-corrected chi connectivity index (χ4v) is 2.41. The van der Waals surface area contributed by atoms with Crippen molar-refractivity contribution in [2.45, 2.75) is 20.4 Å². The molecular formula is C18H20N6. The summed E-state index contributed by atoms with van der Waals surface area (Å²) < 4.78 is 0. The molecule has 122 valence electrons. The van der Waals surface area contributed by atoms with Crippen LogP contribution in [0.4, 0.5) is 17.5 Å². The van der Waals surface area contributed by atoms with Gasteiger partial charge in [0.1, 0.15) is 0 Å². The molecule has 0 atom stereocenters. The predicted octanol–water partition coefficient (Wildman–Crippen LogP) is 3.35. The Kier molecular flexibility index (Phi) is 4.96. The van der Waals surface area contributed by atoms with E-state index < -0.39 is 0 Å². The maximum Gasteiger partial charge on any atom is 0.251 e. The molecule has 3 aromatic rings. The molecule has 6 nitrogen and oxygen atoms in total. The van der Waals surface area contributed by atoms with Crippen molar-refractivity contribution in [1.29, 1.82) is 0 Å². The van der Waals surface area contributed by atoms with Crippen LogP contribution >= 0.6 is 0 Å². The smallest absolute Gasteiger partial charge is 0.251 e. The van der Waals surface area contributed by atoms with Crippen molar-refractivity contribution in [2.75, 3.05) is 16.8 Å². The summed E-state index contributed by atoms with van der Waals surface area (Å²) in [6.45, 7) is 5.49. The van der Waals surface area contributed by atoms with Crippen molar-refractivity contribution in [3.05, 3.63) is 66.1 Å². The van der Waals surface area contributed by atoms with E-state index in [1.165, 1.54) is 5.56 Å². The molecule has 1 N–H and O–H groups in total. The monoisotopic (exact) mass is 320 g/mol. The maximum absolute atomic E-state index is 4.58. The van der Waals surface area contributed by atoms with Gasteiger partial charge in [0.05, 0.1) is 18.4 Å². The molecule has 0 unspecified atom stereocenters. The highest BCUT2D eigenvalue weighted by molar-refractivity contribution is 5.58. The van der Waals surface area contributed by atoms with E-state index in [2.05, 4.69) is 51.5 Å². The molecule has 0 aliphatic rings. The first-order chi connectivity index (χ1) is 11.8. The molecule has 0 bridgehead atoms. The van der Waals surface area contributed by atoms with E-state index in [0.29, 0.717) is 18.3 Å². The molecule has 0 spiro atoms. The number of hydrogen-bond donors (Lipinski definition) is 1. The molecule has 0 amide bonds. The molecule has 0 aliphatic carbocycles. The van der Waals surface area contributed by atoms with E-state index in [1.54, 1.807) is 12.4 Å². The second kappa shape index (κ2) is 7.50. The number of rotatable bonds is 6. The summed E-state index contributed by atoms with van der Waals surface area (Å²) >= 11 is 0. The number of benzene rings is 1. The summed E-state index contributed by atoms with van der Waals surface area (Å²) in [5.41, 5.74) is 3.20. The third kappa shape index (κ3) is 3.84. The largest absolute Gasteiger partial charge is 0.363 e. The van der Waals surface area contributed by atoms with Crippen molar-refractivity contribution >= 4 is 17.5 Å². The third-order valence-corrected chi connectivity index (χ3v) is 3.60. The van der Waals surface area contributed by atoms with Crippen LogP contribution in [0.5, 0.6) is 0 Å². The van der Waals surface area contributed by atoms with Crippen LogP contribution in [-0.2, 0) is 6.54 Å². The van der Waals surface area contributed by atoms with Crippen molar-refractivity contribution in [3.8, 4) is 0 Å². The SMILES string of the molecule is CCN(c1cccc(C)c1)c1nncc(NCc2ccccn2)n1. The zero-order chi connectivity index (χ0) is 16.8. The molecule has 0 radical (unpaired) electrons. The van der Waals surface area contributed by atoms with Gasteiger partial charge in [-0.1, -0.05) is 18.2 Å². The van der Waals surface area contributed by atoms with Gasteiger partial charge in [0, 0.05) is 18.4 Å². The Balaban J connectivity index is 1.78. The lowest BCUT2D eigenvalue weighted by Gasteiger charge is -2.21. The van der Waals surface area contributed by atoms with Gasteiger partial charge in [0.15, 0.2) is 5.82 Å². The molecule has 6 heteroatoms. The Bertz CT molecular complexity index is 790. The van der Waals surface area contributed by atoms with Gasteiger partial charge in [0.25, 0.3) is 5.95 Å². The molecule has 0 saturated heterocycles. The van der Waals surface area contributed by atoms with Crippen LogP contribution in [0.1, 0.15) is 18.2 Å². The average Bonchev–Trinajstić information content (AvgIpc) is 2.62. The number of nitrogens with zero attached hydrogens (tertiary/aromatic N) is 5. The summed E-state index contributed by atoms with van der Waals surface area (Å²) in [6.07, 6.45) is 3.40. The van der Waals surface area contributed by atoms with Crippen LogP contribution in [0.25, 0.3) is 0 Å². The minimum atomic E-state index is 0.578. The van der Waals surface area contributed by atoms with Gasteiger partial charge in [-0.3, -0.25) is 4.98 Å². The second-order valence-corrected chi connectivity index (χ2v) is 5.40. The molecule has 0 aliphatic heterocycles. The first-order valence-corrected chi connectivity index (χ1v) is 7.94. The highest BCUT2D eigenvalue weighted by Crippen LogP contribution is 2.22. The van der Waals surface area contributed by atoms with Crippen LogP contribution in [0.2, 0.25) is 0 Å². The molecule has 2 heterocycles. The summed E-state index contributed by atoms with van der Waals surface area (Å²) in [7, 11) is 0. The van der Waals surface area contributed by atoms with Crippen LogP contribution in [0.15, 0.2) is 54.9 Å². The van der Waals surface area contributed by atoms with Crippen molar-refractivity contribution < 1.29 is 0 Å². The Hall–Kier alpha value is -3.02.